The SMILES string of the molecule is CCn1cc(S(=O)(=O)N2C[C@@H](CCC(=O)O)Cc3ncc(NC(=O)OC(C)(C)C(F)(F)F)cc32)c(Cl)n1. The van der Waals surface area contributed by atoms with E-state index in [1.807, 2.05) is 0 Å². The molecule has 37 heavy (non-hydrogen) atoms. The molecule has 0 aliphatic carbocycles. The second kappa shape index (κ2) is 10.4. The summed E-state index contributed by atoms with van der Waals surface area (Å²) in [7, 11) is -4.32. The van der Waals surface area contributed by atoms with E-state index >= 15 is 0 Å². The Morgan fingerprint density at radius 2 is 2.00 bits per heavy atom. The number of carboxylic acid groups (broad SMARTS) is 1. The van der Waals surface area contributed by atoms with E-state index in [1.54, 1.807) is 6.92 Å². The van der Waals surface area contributed by atoms with Gasteiger partial charge in [-0.3, -0.25) is 24.1 Å². The number of aromatic nitrogens is 3. The molecule has 0 aromatic carbocycles. The van der Waals surface area contributed by atoms with Gasteiger partial charge in [-0.25, -0.2) is 13.2 Å². The van der Waals surface area contributed by atoms with Gasteiger partial charge in [-0.05, 0) is 45.6 Å². The zero-order chi connectivity index (χ0) is 27.8. The summed E-state index contributed by atoms with van der Waals surface area (Å²) < 4.78 is 73.3. The van der Waals surface area contributed by atoms with Crippen LogP contribution in [0.5, 0.6) is 0 Å². The van der Waals surface area contributed by atoms with Crippen LogP contribution in [0.4, 0.5) is 29.3 Å². The number of halogens is 4. The molecule has 0 spiro atoms. The number of ether oxygens (including phenoxy) is 1. The van der Waals surface area contributed by atoms with Gasteiger partial charge < -0.3 is 9.84 Å². The highest BCUT2D eigenvalue weighted by atomic mass is 35.5. The monoisotopic (exact) mass is 567 g/mol. The van der Waals surface area contributed by atoms with Crippen LogP contribution in [-0.4, -0.2) is 58.7 Å². The molecule has 2 N–H and O–H groups in total. The summed E-state index contributed by atoms with van der Waals surface area (Å²) in [6.07, 6.45) is -3.62. The minimum absolute atomic E-state index is 0.0553. The largest absolute Gasteiger partial charge is 0.481 e. The van der Waals surface area contributed by atoms with Crippen molar-refractivity contribution in [1.82, 2.24) is 14.8 Å². The van der Waals surface area contributed by atoms with Gasteiger partial charge in [-0.2, -0.15) is 18.3 Å². The van der Waals surface area contributed by atoms with Crippen LogP contribution >= 0.6 is 11.6 Å². The lowest BCUT2D eigenvalue weighted by Gasteiger charge is -2.34. The average molecular weight is 568 g/mol. The Hall–Kier alpha value is -3.07. The van der Waals surface area contributed by atoms with Crippen LogP contribution in [0, 0.1) is 5.92 Å². The number of hydrogen-bond acceptors (Lipinski definition) is 7. The molecule has 2 aromatic heterocycles. The van der Waals surface area contributed by atoms with Crippen molar-refractivity contribution >= 4 is 45.1 Å². The van der Waals surface area contributed by atoms with E-state index in [0.29, 0.717) is 26.1 Å². The number of sulfonamides is 1. The van der Waals surface area contributed by atoms with Gasteiger partial charge in [0.2, 0.25) is 5.60 Å². The maximum Gasteiger partial charge on any atom is 0.427 e. The van der Waals surface area contributed by atoms with Crippen molar-refractivity contribution in [3.63, 3.8) is 0 Å². The van der Waals surface area contributed by atoms with Crippen molar-refractivity contribution in [3.05, 3.63) is 29.3 Å². The summed E-state index contributed by atoms with van der Waals surface area (Å²) in [5.41, 5.74) is -2.54. The fourth-order valence-corrected chi connectivity index (χ4v) is 5.62. The molecule has 16 heteroatoms. The van der Waals surface area contributed by atoms with Crippen molar-refractivity contribution in [2.45, 2.75) is 63.3 Å². The minimum atomic E-state index is -4.82. The molecule has 204 valence electrons. The lowest BCUT2D eigenvalue weighted by Crippen LogP contribution is -2.44. The number of pyridine rings is 1. The number of alkyl halides is 3. The Morgan fingerprint density at radius 1 is 1.32 bits per heavy atom. The number of carbonyl (C=O) groups is 2. The number of hydrogen-bond donors (Lipinski definition) is 2. The molecule has 1 aliphatic heterocycles. The molecule has 1 amide bonds. The number of rotatable bonds is 8. The fraction of sp³-hybridized carbons (Fsp3) is 0.524. The number of aryl methyl sites for hydroxylation is 1. The Morgan fingerprint density at radius 3 is 2.57 bits per heavy atom. The summed E-state index contributed by atoms with van der Waals surface area (Å²) in [6, 6.07) is 1.24. The van der Waals surface area contributed by atoms with Crippen LogP contribution in [0.3, 0.4) is 0 Å². The molecule has 1 atom stereocenters. The third kappa shape index (κ3) is 6.26. The number of carbonyl (C=O) groups excluding carboxylic acids is 1. The van der Waals surface area contributed by atoms with Gasteiger partial charge in [0, 0.05) is 25.7 Å². The summed E-state index contributed by atoms with van der Waals surface area (Å²) in [5, 5.41) is 14.9. The topological polar surface area (TPSA) is 144 Å². The Balaban J connectivity index is 1.98. The lowest BCUT2D eigenvalue weighted by molar-refractivity contribution is -0.242. The fourth-order valence-electron chi connectivity index (χ4n) is 3.61. The molecule has 1 aliphatic rings. The molecular weight excluding hydrogens is 543 g/mol. The molecule has 0 radical (unpaired) electrons. The van der Waals surface area contributed by atoms with Crippen molar-refractivity contribution in [3.8, 4) is 0 Å². The van der Waals surface area contributed by atoms with Gasteiger partial charge in [-0.1, -0.05) is 11.6 Å². The van der Waals surface area contributed by atoms with Crippen LogP contribution in [0.2, 0.25) is 5.15 Å². The number of amides is 1. The van der Waals surface area contributed by atoms with Crippen LogP contribution in [0.15, 0.2) is 23.4 Å². The highest BCUT2D eigenvalue weighted by molar-refractivity contribution is 7.93. The summed E-state index contributed by atoms with van der Waals surface area (Å²) in [5.74, 6) is -1.44. The van der Waals surface area contributed by atoms with Gasteiger partial charge >= 0.3 is 18.2 Å². The first-order valence-electron chi connectivity index (χ1n) is 11.1. The minimum Gasteiger partial charge on any atom is -0.481 e. The van der Waals surface area contributed by atoms with E-state index in [2.05, 4.69) is 20.1 Å². The lowest BCUT2D eigenvalue weighted by atomic mass is 9.93. The number of nitrogens with zero attached hydrogens (tertiary/aromatic N) is 4. The predicted molar refractivity (Wildman–Crippen MR) is 126 cm³/mol. The second-order valence-electron chi connectivity index (χ2n) is 8.89. The van der Waals surface area contributed by atoms with Crippen LogP contribution in [0.1, 0.15) is 39.3 Å². The first kappa shape index (κ1) is 28.5. The Kier molecular flexibility index (Phi) is 7.98. The molecule has 11 nitrogen and oxygen atoms in total. The molecular formula is C21H25ClF3N5O6S. The molecule has 0 fully saturated rings. The van der Waals surface area contributed by atoms with E-state index in [9.17, 15) is 31.2 Å². The highest BCUT2D eigenvalue weighted by Gasteiger charge is 2.51. The molecule has 0 bridgehead atoms. The van der Waals surface area contributed by atoms with E-state index < -0.39 is 39.8 Å². The third-order valence-corrected chi connectivity index (χ3v) is 7.92. The van der Waals surface area contributed by atoms with E-state index in [1.165, 1.54) is 16.9 Å². The van der Waals surface area contributed by atoms with Gasteiger partial charge in [0.05, 0.1) is 23.3 Å². The molecule has 0 saturated carbocycles. The second-order valence-corrected chi connectivity index (χ2v) is 11.1. The summed E-state index contributed by atoms with van der Waals surface area (Å²) in [4.78, 5) is 27.1. The summed E-state index contributed by atoms with van der Waals surface area (Å²) >= 11 is 6.10. The number of fused-ring (bicyclic) bond motifs is 1. The maximum atomic E-state index is 13.6. The van der Waals surface area contributed by atoms with Crippen molar-refractivity contribution in [1.29, 1.82) is 0 Å². The average Bonchev–Trinajstić information content (AvgIpc) is 3.17. The van der Waals surface area contributed by atoms with Crippen LogP contribution in [0.25, 0.3) is 0 Å². The number of anilines is 2. The van der Waals surface area contributed by atoms with Crippen molar-refractivity contribution < 1.29 is 41.0 Å². The van der Waals surface area contributed by atoms with Gasteiger partial charge in [0.25, 0.3) is 10.0 Å². The molecule has 0 saturated heterocycles. The van der Waals surface area contributed by atoms with Gasteiger partial charge in [0.1, 0.15) is 4.90 Å². The number of nitrogens with one attached hydrogen (secondary N) is 1. The quantitative estimate of drug-likeness (QED) is 0.486. The Bertz CT molecular complexity index is 1300. The Labute approximate surface area is 215 Å². The van der Waals surface area contributed by atoms with E-state index in [0.717, 1.165) is 10.5 Å². The van der Waals surface area contributed by atoms with E-state index in [4.69, 9.17) is 16.7 Å². The third-order valence-electron chi connectivity index (χ3n) is 5.74. The predicted octanol–water partition coefficient (Wildman–Crippen LogP) is 4.07. The molecule has 3 heterocycles. The molecule has 0 unspecified atom stereocenters. The normalized spacial score (nSPS) is 16.3. The van der Waals surface area contributed by atoms with Crippen LogP contribution in [-0.2, 0) is 32.5 Å². The smallest absolute Gasteiger partial charge is 0.427 e. The first-order chi connectivity index (χ1) is 17.0. The number of carboxylic acids is 1. The highest BCUT2D eigenvalue weighted by Crippen LogP contribution is 2.38. The molecule has 2 aromatic rings. The number of aliphatic carboxylic acids is 1. The molecule has 3 rings (SSSR count). The zero-order valence-electron chi connectivity index (χ0n) is 20.0. The first-order valence-corrected chi connectivity index (χ1v) is 12.9. The van der Waals surface area contributed by atoms with E-state index in [-0.39, 0.29) is 47.2 Å². The van der Waals surface area contributed by atoms with Gasteiger partial charge in [-0.15, -0.1) is 0 Å². The van der Waals surface area contributed by atoms with Gasteiger partial charge in [0.15, 0.2) is 5.15 Å². The van der Waals surface area contributed by atoms with Crippen molar-refractivity contribution in [2.75, 3.05) is 16.2 Å². The maximum absolute atomic E-state index is 13.6. The zero-order valence-corrected chi connectivity index (χ0v) is 21.6. The summed E-state index contributed by atoms with van der Waals surface area (Å²) in [6.45, 7) is 3.33. The van der Waals surface area contributed by atoms with Crippen LogP contribution < -0.4 is 9.62 Å². The standard InChI is InChI=1S/C21H25ClF3N5O6S/c1-4-29-11-16(18(22)28-29)37(34,35)30-10-12(5-6-17(31)32)7-14-15(30)8-13(9-26-14)27-19(33)36-20(2,3)21(23,24)25/h8-9,11-12H,4-7,10H2,1-3H3,(H,27,33)(H,31,32)/t12-/m0/s1. The van der Waals surface area contributed by atoms with Crippen molar-refractivity contribution in [2.24, 2.45) is 5.92 Å².